The van der Waals surface area contributed by atoms with Gasteiger partial charge in [-0.05, 0) is 52.3 Å². The normalized spacial score (nSPS) is 14.0. The second kappa shape index (κ2) is 8.59. The number of rotatable bonds is 3. The van der Waals surface area contributed by atoms with E-state index in [9.17, 15) is 9.59 Å². The molecular weight excluding hydrogens is 562 g/mol. The van der Waals surface area contributed by atoms with Crippen LogP contribution in [0.3, 0.4) is 0 Å². The number of hydrogen-bond donors (Lipinski definition) is 1. The molecule has 0 saturated carbocycles. The molecule has 0 fully saturated rings. The zero-order chi connectivity index (χ0) is 22.4. The van der Waals surface area contributed by atoms with Crippen LogP contribution in [0.5, 0.6) is 0 Å². The maximum atomic E-state index is 13.0. The number of benzene rings is 2. The van der Waals surface area contributed by atoms with Crippen LogP contribution in [0, 0.1) is 0 Å². The van der Waals surface area contributed by atoms with Gasteiger partial charge in [0.2, 0.25) is 0 Å². The van der Waals surface area contributed by atoms with Gasteiger partial charge < -0.3 is 9.40 Å². The van der Waals surface area contributed by atoms with E-state index in [1.807, 2.05) is 18.2 Å². The molecule has 0 aliphatic carbocycles. The van der Waals surface area contributed by atoms with Gasteiger partial charge in [0.05, 0.1) is 27.4 Å². The maximum Gasteiger partial charge on any atom is 0.255 e. The molecule has 0 radical (unpaired) electrons. The Labute approximate surface area is 204 Å². The van der Waals surface area contributed by atoms with Crippen molar-refractivity contribution < 1.29 is 4.42 Å². The molecule has 0 atom stereocenters. The highest BCUT2D eigenvalue weighted by atomic mass is 79.9. The van der Waals surface area contributed by atoms with Gasteiger partial charge in [-0.1, -0.05) is 27.5 Å². The summed E-state index contributed by atoms with van der Waals surface area (Å²) < 4.78 is 7.24. The van der Waals surface area contributed by atoms with Crippen LogP contribution in [0.15, 0.2) is 65.6 Å². The van der Waals surface area contributed by atoms with Crippen molar-refractivity contribution in [1.29, 1.82) is 0 Å². The summed E-state index contributed by atoms with van der Waals surface area (Å²) in [5, 5.41) is 1.14. The largest absolute Gasteiger partial charge is 0.463 e. The fraction of sp³-hybridized carbons (Fsp3) is 0.174. The van der Waals surface area contributed by atoms with Gasteiger partial charge in [-0.3, -0.25) is 14.5 Å². The highest BCUT2D eigenvalue weighted by Crippen LogP contribution is 2.27. The van der Waals surface area contributed by atoms with Crippen LogP contribution in [-0.2, 0) is 19.5 Å². The molecule has 9 heteroatoms. The van der Waals surface area contributed by atoms with Crippen LogP contribution >= 0.6 is 43.5 Å². The monoisotopic (exact) mass is 575 g/mol. The van der Waals surface area contributed by atoms with Crippen molar-refractivity contribution in [3.63, 3.8) is 0 Å². The van der Waals surface area contributed by atoms with Gasteiger partial charge in [-0.2, -0.15) is 0 Å². The van der Waals surface area contributed by atoms with E-state index in [0.717, 1.165) is 15.7 Å². The van der Waals surface area contributed by atoms with E-state index >= 15 is 0 Å². The van der Waals surface area contributed by atoms with E-state index in [4.69, 9.17) is 16.0 Å². The average Bonchev–Trinajstić information content (AvgIpc) is 2.77. The zero-order valence-corrected chi connectivity index (χ0v) is 20.6. The first-order valence-electron chi connectivity index (χ1n) is 9.89. The topological polar surface area (TPSA) is 79.2 Å². The molecule has 32 heavy (non-hydrogen) atoms. The third-order valence-corrected chi connectivity index (χ3v) is 6.82. The zero-order valence-electron chi connectivity index (χ0n) is 16.6. The minimum Gasteiger partial charge on any atom is -0.463 e. The van der Waals surface area contributed by atoms with Gasteiger partial charge in [-0.15, -0.1) is 0 Å². The fourth-order valence-electron chi connectivity index (χ4n) is 3.92. The smallest absolute Gasteiger partial charge is 0.255 e. The van der Waals surface area contributed by atoms with E-state index in [1.54, 1.807) is 18.2 Å². The van der Waals surface area contributed by atoms with Crippen molar-refractivity contribution in [2.24, 2.45) is 0 Å². The van der Waals surface area contributed by atoms with Crippen LogP contribution in [0.25, 0.3) is 22.4 Å². The Balaban J connectivity index is 1.43. The lowest BCUT2D eigenvalue weighted by Gasteiger charge is -2.27. The quantitative estimate of drug-likeness (QED) is 0.359. The highest BCUT2D eigenvalue weighted by Gasteiger charge is 2.23. The van der Waals surface area contributed by atoms with Gasteiger partial charge in [0.1, 0.15) is 5.82 Å². The number of fused-ring (bicyclic) bond motifs is 2. The second-order valence-corrected chi connectivity index (χ2v) is 9.87. The van der Waals surface area contributed by atoms with Crippen LogP contribution < -0.4 is 11.0 Å². The fourth-order valence-corrected chi connectivity index (χ4v) is 5.36. The second-order valence-electron chi connectivity index (χ2n) is 7.66. The van der Waals surface area contributed by atoms with E-state index in [0.29, 0.717) is 63.5 Å². The van der Waals surface area contributed by atoms with Gasteiger partial charge in [-0.25, -0.2) is 4.98 Å². The summed E-state index contributed by atoms with van der Waals surface area (Å²) >= 11 is 12.8. The molecule has 0 bridgehead atoms. The summed E-state index contributed by atoms with van der Waals surface area (Å²) in [4.78, 5) is 35.4. The minimum absolute atomic E-state index is 0.0795. The van der Waals surface area contributed by atoms with Crippen LogP contribution in [0.2, 0.25) is 5.02 Å². The number of aromatic amines is 1. The SMILES string of the molecule is O=c1[nH]c(-c2ccc(Cl)cc2)nc2c1CN(Cc1coc3c(Br)cc(Br)cc3c1=O)CC2. The predicted octanol–water partition coefficient (Wildman–Crippen LogP) is 5.28. The number of nitrogens with zero attached hydrogens (tertiary/aromatic N) is 2. The Morgan fingerprint density at radius 3 is 2.72 bits per heavy atom. The lowest BCUT2D eigenvalue weighted by Crippen LogP contribution is -2.36. The standard InChI is InChI=1S/C23H16Br2ClN3O3/c24-14-7-16-20(30)13(11-32-21(16)18(25)8-14)9-29-6-5-19-17(10-29)23(31)28-22(27-19)12-1-3-15(26)4-2-12/h1-4,7-8,11H,5-6,9-10H2,(H,27,28,31). The van der Waals surface area contributed by atoms with Crippen molar-refractivity contribution in [2.75, 3.05) is 6.54 Å². The number of hydrogen-bond acceptors (Lipinski definition) is 5. The summed E-state index contributed by atoms with van der Waals surface area (Å²) in [5.74, 6) is 0.533. The molecule has 1 N–H and O–H groups in total. The number of halogens is 3. The minimum atomic E-state index is -0.164. The Bertz CT molecular complexity index is 1460. The van der Waals surface area contributed by atoms with Gasteiger partial charge >= 0.3 is 0 Å². The van der Waals surface area contributed by atoms with Gasteiger partial charge in [0.15, 0.2) is 11.0 Å². The van der Waals surface area contributed by atoms with Gasteiger partial charge in [0.25, 0.3) is 5.56 Å². The molecule has 0 spiro atoms. The Hall–Kier alpha value is -2.26. The molecule has 2 aromatic heterocycles. The van der Waals surface area contributed by atoms with Gasteiger partial charge in [0, 0.05) is 46.7 Å². The lowest BCUT2D eigenvalue weighted by atomic mass is 10.1. The van der Waals surface area contributed by atoms with Crippen molar-refractivity contribution in [1.82, 2.24) is 14.9 Å². The van der Waals surface area contributed by atoms with Crippen molar-refractivity contribution in [3.05, 3.63) is 94.0 Å². The summed E-state index contributed by atoms with van der Waals surface area (Å²) in [6, 6.07) is 10.8. The molecule has 2 aromatic carbocycles. The molecule has 0 amide bonds. The molecule has 3 heterocycles. The van der Waals surface area contributed by atoms with Crippen LogP contribution in [0.1, 0.15) is 16.8 Å². The molecule has 1 aliphatic rings. The third kappa shape index (κ3) is 4.08. The number of nitrogens with one attached hydrogen (secondary N) is 1. The Morgan fingerprint density at radius 2 is 1.94 bits per heavy atom. The molecule has 162 valence electrons. The van der Waals surface area contributed by atoms with Crippen molar-refractivity contribution in [2.45, 2.75) is 19.5 Å². The first-order chi connectivity index (χ1) is 15.4. The lowest BCUT2D eigenvalue weighted by molar-refractivity contribution is 0.239. The Kier molecular flexibility index (Phi) is 5.79. The first-order valence-corrected chi connectivity index (χ1v) is 11.9. The van der Waals surface area contributed by atoms with E-state index < -0.39 is 0 Å². The number of H-pyrrole nitrogens is 1. The summed E-state index contributed by atoms with van der Waals surface area (Å²) in [5.41, 5.74) is 3.04. The maximum absolute atomic E-state index is 13.0. The highest BCUT2D eigenvalue weighted by molar-refractivity contribution is 9.11. The molecule has 5 rings (SSSR count). The van der Waals surface area contributed by atoms with Crippen LogP contribution in [0.4, 0.5) is 0 Å². The molecule has 1 aliphatic heterocycles. The molecular formula is C23H16Br2ClN3O3. The predicted molar refractivity (Wildman–Crippen MR) is 131 cm³/mol. The molecule has 0 saturated heterocycles. The van der Waals surface area contributed by atoms with Crippen molar-refractivity contribution >= 4 is 54.4 Å². The number of aromatic nitrogens is 2. The summed E-state index contributed by atoms with van der Waals surface area (Å²) in [6.07, 6.45) is 2.13. The molecule has 4 aromatic rings. The van der Waals surface area contributed by atoms with Crippen molar-refractivity contribution in [3.8, 4) is 11.4 Å². The molecule has 6 nitrogen and oxygen atoms in total. The summed E-state index contributed by atoms with van der Waals surface area (Å²) in [7, 11) is 0. The van der Waals surface area contributed by atoms with E-state index in [1.165, 1.54) is 6.26 Å². The summed E-state index contributed by atoms with van der Waals surface area (Å²) in [6.45, 7) is 1.49. The first kappa shape index (κ1) is 21.6. The Morgan fingerprint density at radius 1 is 1.16 bits per heavy atom. The van der Waals surface area contributed by atoms with E-state index in [-0.39, 0.29) is 11.0 Å². The molecule has 0 unspecified atom stereocenters. The third-order valence-electron chi connectivity index (χ3n) is 5.52. The average molecular weight is 578 g/mol. The van der Waals surface area contributed by atoms with E-state index in [2.05, 4.69) is 46.7 Å². The van der Waals surface area contributed by atoms with Crippen LogP contribution in [-0.4, -0.2) is 21.4 Å².